The lowest BCUT2D eigenvalue weighted by atomic mass is 9.73. The number of amides is 2. The first-order valence-electron chi connectivity index (χ1n) is 9.29. The zero-order valence-corrected chi connectivity index (χ0v) is 17.0. The maximum Gasteiger partial charge on any atom is 0.412 e. The van der Waals surface area contributed by atoms with Gasteiger partial charge < -0.3 is 15.4 Å². The standard InChI is InChI=1S/C22H21N3O3S/c1-22(19(26)25-20-24-10-11-29-20)13-15-12-16(28-21(27)23-2)8-9-17(15)18(22)14-6-4-3-5-7-14/h3-12,18H,13H2,1-2H3,(H,23,27)(H,24,25,26)/t18-,22+/m0/s1. The molecular weight excluding hydrogens is 386 g/mol. The minimum absolute atomic E-state index is 0.0775. The SMILES string of the molecule is CNC(=O)Oc1ccc2c(c1)C[C@@](C)(C(=O)Nc1nccs1)[C@H]2c1ccccc1. The Morgan fingerprint density at radius 2 is 2.00 bits per heavy atom. The second-order valence-electron chi connectivity index (χ2n) is 7.23. The van der Waals surface area contributed by atoms with Gasteiger partial charge in [0.05, 0.1) is 5.41 Å². The number of ether oxygens (including phenoxy) is 1. The van der Waals surface area contributed by atoms with E-state index in [1.54, 1.807) is 12.3 Å². The maximum absolute atomic E-state index is 13.4. The van der Waals surface area contributed by atoms with E-state index < -0.39 is 11.5 Å². The number of nitrogens with one attached hydrogen (secondary N) is 2. The normalized spacial score (nSPS) is 20.0. The van der Waals surface area contributed by atoms with Crippen LogP contribution < -0.4 is 15.4 Å². The van der Waals surface area contributed by atoms with Gasteiger partial charge in [-0.15, -0.1) is 11.3 Å². The number of hydrogen-bond donors (Lipinski definition) is 2. The minimum atomic E-state index is -0.707. The lowest BCUT2D eigenvalue weighted by molar-refractivity contribution is -0.125. The quantitative estimate of drug-likeness (QED) is 0.679. The third kappa shape index (κ3) is 3.61. The van der Waals surface area contributed by atoms with Gasteiger partial charge in [-0.25, -0.2) is 9.78 Å². The van der Waals surface area contributed by atoms with Crippen molar-refractivity contribution in [1.29, 1.82) is 0 Å². The van der Waals surface area contributed by atoms with E-state index in [-0.39, 0.29) is 11.8 Å². The number of fused-ring (bicyclic) bond motifs is 1. The molecule has 0 saturated carbocycles. The second-order valence-corrected chi connectivity index (χ2v) is 8.12. The van der Waals surface area contributed by atoms with E-state index in [1.165, 1.54) is 18.4 Å². The predicted octanol–water partition coefficient (Wildman–Crippen LogP) is 4.19. The van der Waals surface area contributed by atoms with Crippen molar-refractivity contribution in [3.63, 3.8) is 0 Å². The van der Waals surface area contributed by atoms with E-state index in [0.717, 1.165) is 16.7 Å². The molecule has 0 aliphatic heterocycles. The molecule has 2 amide bonds. The summed E-state index contributed by atoms with van der Waals surface area (Å²) in [6.45, 7) is 1.98. The molecule has 0 bridgehead atoms. The van der Waals surface area contributed by atoms with Gasteiger partial charge in [-0.05, 0) is 42.2 Å². The molecule has 1 aliphatic carbocycles. The molecule has 2 atom stereocenters. The monoisotopic (exact) mass is 407 g/mol. The highest BCUT2D eigenvalue weighted by Gasteiger charge is 2.49. The fourth-order valence-electron chi connectivity index (χ4n) is 4.01. The van der Waals surface area contributed by atoms with Crippen LogP contribution in [0.3, 0.4) is 0 Å². The highest BCUT2D eigenvalue weighted by molar-refractivity contribution is 7.13. The molecule has 1 aromatic heterocycles. The summed E-state index contributed by atoms with van der Waals surface area (Å²) >= 11 is 1.39. The van der Waals surface area contributed by atoms with Crippen molar-refractivity contribution in [1.82, 2.24) is 10.3 Å². The Bertz CT molecular complexity index is 1040. The maximum atomic E-state index is 13.4. The number of aromatic nitrogens is 1. The number of thiazole rings is 1. The number of rotatable bonds is 4. The molecule has 148 valence electrons. The smallest absolute Gasteiger partial charge is 0.410 e. The van der Waals surface area contributed by atoms with E-state index in [2.05, 4.69) is 15.6 Å². The zero-order valence-electron chi connectivity index (χ0n) is 16.1. The fourth-order valence-corrected chi connectivity index (χ4v) is 4.53. The van der Waals surface area contributed by atoms with Crippen LogP contribution in [0.4, 0.5) is 9.93 Å². The largest absolute Gasteiger partial charge is 0.412 e. The van der Waals surface area contributed by atoms with Crippen LogP contribution in [0.15, 0.2) is 60.1 Å². The zero-order chi connectivity index (χ0) is 20.4. The molecule has 0 unspecified atom stereocenters. The summed E-state index contributed by atoms with van der Waals surface area (Å²) < 4.78 is 5.28. The summed E-state index contributed by atoms with van der Waals surface area (Å²) in [5, 5.41) is 7.83. The number of anilines is 1. The lowest BCUT2D eigenvalue weighted by Gasteiger charge is -2.30. The molecule has 2 N–H and O–H groups in total. The molecule has 0 fully saturated rings. The molecule has 4 rings (SSSR count). The first kappa shape index (κ1) is 19.1. The Hall–Kier alpha value is -3.19. The van der Waals surface area contributed by atoms with Crippen molar-refractivity contribution in [3.8, 4) is 5.75 Å². The number of hydrogen-bond acceptors (Lipinski definition) is 5. The Morgan fingerprint density at radius 1 is 1.21 bits per heavy atom. The van der Waals surface area contributed by atoms with Crippen molar-refractivity contribution >= 4 is 28.5 Å². The van der Waals surface area contributed by atoms with Crippen molar-refractivity contribution < 1.29 is 14.3 Å². The Balaban J connectivity index is 1.73. The van der Waals surface area contributed by atoms with Crippen LogP contribution in [0.2, 0.25) is 0 Å². The van der Waals surface area contributed by atoms with E-state index >= 15 is 0 Å². The molecule has 3 aromatic rings. The van der Waals surface area contributed by atoms with E-state index in [4.69, 9.17) is 4.74 Å². The average Bonchev–Trinajstić information content (AvgIpc) is 3.33. The molecule has 29 heavy (non-hydrogen) atoms. The Kier molecular flexibility index (Phi) is 5.07. The van der Waals surface area contributed by atoms with Gasteiger partial charge in [-0.2, -0.15) is 0 Å². The van der Waals surface area contributed by atoms with Crippen molar-refractivity contribution in [2.24, 2.45) is 5.41 Å². The molecular formula is C22H21N3O3S. The third-order valence-corrected chi connectivity index (χ3v) is 6.03. The van der Waals surface area contributed by atoms with Gasteiger partial charge in [0, 0.05) is 24.5 Å². The van der Waals surface area contributed by atoms with Crippen LogP contribution >= 0.6 is 11.3 Å². The Labute approximate surface area is 172 Å². The van der Waals surface area contributed by atoms with E-state index in [0.29, 0.717) is 17.3 Å². The fraction of sp³-hybridized carbons (Fsp3) is 0.227. The number of carbonyl (C=O) groups is 2. The number of nitrogens with zero attached hydrogens (tertiary/aromatic N) is 1. The summed E-state index contributed by atoms with van der Waals surface area (Å²) in [5.74, 6) is 0.262. The first-order valence-corrected chi connectivity index (χ1v) is 10.2. The van der Waals surface area contributed by atoms with Gasteiger partial charge in [0.25, 0.3) is 0 Å². The van der Waals surface area contributed by atoms with Gasteiger partial charge in [0.1, 0.15) is 5.75 Å². The van der Waals surface area contributed by atoms with Gasteiger partial charge in [-0.1, -0.05) is 36.4 Å². The summed E-state index contributed by atoms with van der Waals surface area (Å²) in [4.78, 5) is 29.1. The highest BCUT2D eigenvalue weighted by atomic mass is 32.1. The first-order chi connectivity index (χ1) is 14.0. The van der Waals surface area contributed by atoms with Crippen LogP contribution in [0.25, 0.3) is 0 Å². The van der Waals surface area contributed by atoms with E-state index in [1.807, 2.05) is 54.8 Å². The van der Waals surface area contributed by atoms with Crippen molar-refractivity contribution in [2.45, 2.75) is 19.3 Å². The lowest BCUT2D eigenvalue weighted by Crippen LogP contribution is -2.37. The second kappa shape index (κ2) is 7.67. The number of carbonyl (C=O) groups excluding carboxylic acids is 2. The van der Waals surface area contributed by atoms with Gasteiger partial charge in [0.15, 0.2) is 5.13 Å². The van der Waals surface area contributed by atoms with E-state index in [9.17, 15) is 9.59 Å². The average molecular weight is 407 g/mol. The van der Waals surface area contributed by atoms with Crippen molar-refractivity contribution in [3.05, 3.63) is 76.8 Å². The molecule has 0 saturated heterocycles. The molecule has 6 nitrogen and oxygen atoms in total. The van der Waals surface area contributed by atoms with Crippen LogP contribution in [-0.2, 0) is 11.2 Å². The van der Waals surface area contributed by atoms with Gasteiger partial charge >= 0.3 is 6.09 Å². The molecule has 7 heteroatoms. The third-order valence-electron chi connectivity index (χ3n) is 5.34. The van der Waals surface area contributed by atoms with Crippen LogP contribution in [-0.4, -0.2) is 24.0 Å². The van der Waals surface area contributed by atoms with Gasteiger partial charge in [-0.3, -0.25) is 4.79 Å². The molecule has 0 spiro atoms. The topological polar surface area (TPSA) is 80.3 Å². The highest BCUT2D eigenvalue weighted by Crippen LogP contribution is 2.52. The summed E-state index contributed by atoms with van der Waals surface area (Å²) in [6, 6.07) is 15.6. The van der Waals surface area contributed by atoms with Crippen molar-refractivity contribution in [2.75, 3.05) is 12.4 Å². The summed E-state index contributed by atoms with van der Waals surface area (Å²) in [6.07, 6.45) is 1.68. The number of benzene rings is 2. The molecule has 0 radical (unpaired) electrons. The predicted molar refractivity (Wildman–Crippen MR) is 112 cm³/mol. The van der Waals surface area contributed by atoms with Crippen LogP contribution in [0, 0.1) is 5.41 Å². The van der Waals surface area contributed by atoms with Crippen LogP contribution in [0.1, 0.15) is 29.5 Å². The summed E-state index contributed by atoms with van der Waals surface area (Å²) in [5.41, 5.74) is 2.43. The minimum Gasteiger partial charge on any atom is -0.410 e. The summed E-state index contributed by atoms with van der Waals surface area (Å²) in [7, 11) is 1.52. The Morgan fingerprint density at radius 3 is 2.69 bits per heavy atom. The van der Waals surface area contributed by atoms with Gasteiger partial charge in [0.2, 0.25) is 5.91 Å². The molecule has 2 aromatic carbocycles. The molecule has 1 heterocycles. The van der Waals surface area contributed by atoms with Crippen LogP contribution in [0.5, 0.6) is 5.75 Å². The molecule has 1 aliphatic rings.